The molecule has 1 nitrogen and oxygen atoms in total. The van der Waals surface area contributed by atoms with Gasteiger partial charge in [-0.2, -0.15) is 0 Å². The molecule has 0 aromatic rings. The predicted octanol–water partition coefficient (Wildman–Crippen LogP) is 4.61. The second kappa shape index (κ2) is 6.80. The van der Waals surface area contributed by atoms with Crippen LogP contribution in [0, 0.1) is 0 Å². The summed E-state index contributed by atoms with van der Waals surface area (Å²) in [5.74, 6) is 0. The molecule has 0 radical (unpaired) electrons. The third-order valence-electron chi connectivity index (χ3n) is 2.97. The highest BCUT2D eigenvalue weighted by Crippen LogP contribution is 2.38. The van der Waals surface area contributed by atoms with Gasteiger partial charge in [-0.25, -0.2) is 0 Å². The Kier molecular flexibility index (Phi) is 6.06. The van der Waals surface area contributed by atoms with Gasteiger partial charge in [0, 0.05) is 11.9 Å². The van der Waals surface area contributed by atoms with Crippen molar-refractivity contribution in [3.63, 3.8) is 0 Å². The number of hydrogen-bond acceptors (Lipinski definition) is 2. The quantitative estimate of drug-likeness (QED) is 0.616. The Bertz CT molecular complexity index is 168. The highest BCUT2D eigenvalue weighted by atomic mass is 32.2. The van der Waals surface area contributed by atoms with E-state index in [4.69, 9.17) is 4.74 Å². The largest absolute Gasteiger partial charge is 0.365 e. The molecule has 1 unspecified atom stereocenters. The van der Waals surface area contributed by atoms with E-state index < -0.39 is 0 Å². The van der Waals surface area contributed by atoms with Gasteiger partial charge in [0.2, 0.25) is 0 Å². The molecule has 1 aliphatic rings. The first-order valence-electron chi connectivity index (χ1n) is 6.46. The number of hydrogen-bond donors (Lipinski definition) is 0. The lowest BCUT2D eigenvalue weighted by Gasteiger charge is -2.35. The van der Waals surface area contributed by atoms with E-state index in [-0.39, 0.29) is 4.93 Å². The van der Waals surface area contributed by atoms with Gasteiger partial charge < -0.3 is 4.74 Å². The van der Waals surface area contributed by atoms with Crippen LogP contribution in [0.3, 0.4) is 0 Å². The normalized spacial score (nSPS) is 25.4. The lowest BCUT2D eigenvalue weighted by atomic mass is 10.1. The molecule has 0 N–H and O–H groups in total. The van der Waals surface area contributed by atoms with E-state index >= 15 is 0 Å². The molecule has 1 fully saturated rings. The van der Waals surface area contributed by atoms with Crippen LogP contribution in [0.15, 0.2) is 0 Å². The molecule has 90 valence electrons. The maximum Gasteiger partial charge on any atom is 0.108 e. The summed E-state index contributed by atoms with van der Waals surface area (Å²) < 4.78 is 5.70. The Labute approximate surface area is 99.3 Å². The number of ether oxygens (including phenoxy) is 1. The van der Waals surface area contributed by atoms with Crippen LogP contribution in [0.25, 0.3) is 0 Å². The van der Waals surface area contributed by atoms with Crippen LogP contribution in [0.4, 0.5) is 0 Å². The van der Waals surface area contributed by atoms with E-state index in [2.05, 4.69) is 20.8 Å². The average molecular weight is 230 g/mol. The summed E-state index contributed by atoms with van der Waals surface area (Å²) in [4.78, 5) is 0.0618. The average Bonchev–Trinajstić information content (AvgIpc) is 2.16. The Hall–Kier alpha value is 0.310. The Morgan fingerprint density at radius 3 is 2.60 bits per heavy atom. The van der Waals surface area contributed by atoms with Crippen molar-refractivity contribution in [1.29, 1.82) is 0 Å². The maximum atomic E-state index is 5.70. The van der Waals surface area contributed by atoms with Crippen LogP contribution < -0.4 is 0 Å². The molecule has 1 rings (SSSR count). The monoisotopic (exact) mass is 230 g/mol. The van der Waals surface area contributed by atoms with Gasteiger partial charge in [-0.05, 0) is 26.7 Å². The van der Waals surface area contributed by atoms with Crippen LogP contribution in [0.2, 0.25) is 0 Å². The van der Waals surface area contributed by atoms with Gasteiger partial charge in [0.15, 0.2) is 0 Å². The molecule has 0 aliphatic carbocycles. The third kappa shape index (κ3) is 5.82. The molecule has 1 aliphatic heterocycles. The summed E-state index contributed by atoms with van der Waals surface area (Å²) in [6, 6.07) is 0. The molecule has 0 bridgehead atoms. The van der Waals surface area contributed by atoms with Crippen molar-refractivity contribution in [2.24, 2.45) is 0 Å². The number of unbranched alkanes of at least 4 members (excludes halogenated alkanes) is 4. The zero-order valence-electron chi connectivity index (χ0n) is 10.6. The van der Waals surface area contributed by atoms with E-state index in [0.717, 1.165) is 11.9 Å². The second-order valence-corrected chi connectivity index (χ2v) is 6.87. The molecule has 0 amide bonds. The summed E-state index contributed by atoms with van der Waals surface area (Å²) in [5, 5.41) is 0.843. The summed E-state index contributed by atoms with van der Waals surface area (Å²) in [5.41, 5.74) is 0. The Balaban J connectivity index is 2.05. The molecule has 2 heteroatoms. The van der Waals surface area contributed by atoms with Gasteiger partial charge in [-0.3, -0.25) is 0 Å². The fraction of sp³-hybridized carbons (Fsp3) is 1.00. The SMILES string of the molecule is CCCCCCCC1CCOC(C)(C)S1. The van der Waals surface area contributed by atoms with Crippen LogP contribution in [0.1, 0.15) is 65.7 Å². The topological polar surface area (TPSA) is 9.23 Å². The van der Waals surface area contributed by atoms with Crippen LogP contribution >= 0.6 is 11.8 Å². The van der Waals surface area contributed by atoms with Gasteiger partial charge in [-0.1, -0.05) is 39.0 Å². The molecular formula is C13H26OS. The van der Waals surface area contributed by atoms with E-state index in [9.17, 15) is 0 Å². The molecule has 15 heavy (non-hydrogen) atoms. The molecule has 1 heterocycles. The molecule has 0 saturated carbocycles. The van der Waals surface area contributed by atoms with Gasteiger partial charge in [0.1, 0.15) is 4.93 Å². The predicted molar refractivity (Wildman–Crippen MR) is 69.4 cm³/mol. The van der Waals surface area contributed by atoms with E-state index in [1.807, 2.05) is 11.8 Å². The maximum absolute atomic E-state index is 5.70. The fourth-order valence-electron chi connectivity index (χ4n) is 2.11. The molecule has 1 saturated heterocycles. The van der Waals surface area contributed by atoms with Crippen LogP contribution in [0.5, 0.6) is 0 Å². The minimum absolute atomic E-state index is 0.0618. The molecule has 1 atom stereocenters. The van der Waals surface area contributed by atoms with E-state index in [1.54, 1.807) is 0 Å². The lowest BCUT2D eigenvalue weighted by Crippen LogP contribution is -2.30. The first-order chi connectivity index (χ1) is 7.14. The fourth-order valence-corrected chi connectivity index (χ4v) is 3.56. The van der Waals surface area contributed by atoms with Gasteiger partial charge in [0.25, 0.3) is 0 Å². The van der Waals surface area contributed by atoms with E-state index in [1.165, 1.54) is 44.9 Å². The smallest absolute Gasteiger partial charge is 0.108 e. The number of thioether (sulfide) groups is 1. The summed E-state index contributed by atoms with van der Waals surface area (Å²) >= 11 is 2.03. The highest BCUT2D eigenvalue weighted by Gasteiger charge is 2.28. The van der Waals surface area contributed by atoms with Gasteiger partial charge in [0.05, 0.1) is 0 Å². The Morgan fingerprint density at radius 1 is 1.20 bits per heavy atom. The van der Waals surface area contributed by atoms with Crippen molar-refractivity contribution in [2.75, 3.05) is 6.61 Å². The second-order valence-electron chi connectivity index (χ2n) is 4.98. The molecular weight excluding hydrogens is 204 g/mol. The van der Waals surface area contributed by atoms with Gasteiger partial charge >= 0.3 is 0 Å². The lowest BCUT2D eigenvalue weighted by molar-refractivity contribution is 0.0401. The minimum atomic E-state index is 0.0618. The van der Waals surface area contributed by atoms with Crippen molar-refractivity contribution >= 4 is 11.8 Å². The number of rotatable bonds is 6. The standard InChI is InChI=1S/C13H26OS/c1-4-5-6-7-8-9-12-10-11-14-13(2,3)15-12/h12H,4-11H2,1-3H3. The molecule has 0 aromatic carbocycles. The van der Waals surface area contributed by atoms with Gasteiger partial charge in [-0.15, -0.1) is 11.8 Å². The molecule has 0 spiro atoms. The first-order valence-corrected chi connectivity index (χ1v) is 7.34. The third-order valence-corrected chi connectivity index (χ3v) is 4.46. The summed E-state index contributed by atoms with van der Waals surface area (Å²) in [6.45, 7) is 7.62. The zero-order chi connectivity index (χ0) is 11.1. The first kappa shape index (κ1) is 13.4. The van der Waals surface area contributed by atoms with Crippen LogP contribution in [-0.2, 0) is 4.74 Å². The highest BCUT2D eigenvalue weighted by molar-refractivity contribution is 8.01. The van der Waals surface area contributed by atoms with Crippen molar-refractivity contribution in [3.8, 4) is 0 Å². The zero-order valence-corrected chi connectivity index (χ0v) is 11.4. The van der Waals surface area contributed by atoms with Crippen molar-refractivity contribution in [2.45, 2.75) is 75.9 Å². The van der Waals surface area contributed by atoms with Crippen LogP contribution in [-0.4, -0.2) is 16.8 Å². The summed E-state index contributed by atoms with van der Waals surface area (Å²) in [7, 11) is 0. The van der Waals surface area contributed by atoms with Crippen molar-refractivity contribution in [1.82, 2.24) is 0 Å². The van der Waals surface area contributed by atoms with Crippen molar-refractivity contribution < 1.29 is 4.74 Å². The van der Waals surface area contributed by atoms with Crippen molar-refractivity contribution in [3.05, 3.63) is 0 Å². The minimum Gasteiger partial charge on any atom is -0.365 e. The molecule has 0 aromatic heterocycles. The summed E-state index contributed by atoms with van der Waals surface area (Å²) in [6.07, 6.45) is 9.65. The Morgan fingerprint density at radius 2 is 1.93 bits per heavy atom. The van der Waals surface area contributed by atoms with E-state index in [0.29, 0.717) is 0 Å².